The Balaban J connectivity index is 2.49. The van der Waals surface area contributed by atoms with E-state index in [2.05, 4.69) is 4.99 Å². The lowest BCUT2D eigenvalue weighted by atomic mass is 10.1. The van der Waals surface area contributed by atoms with Crippen molar-refractivity contribution in [2.75, 3.05) is 0 Å². The zero-order chi connectivity index (χ0) is 17.9. The number of halogens is 3. The van der Waals surface area contributed by atoms with Crippen molar-refractivity contribution in [3.8, 4) is 0 Å². The first-order valence-corrected chi connectivity index (χ1v) is 7.78. The van der Waals surface area contributed by atoms with Crippen LogP contribution in [0.5, 0.6) is 0 Å². The minimum atomic E-state index is -5.10. The number of carbonyl (C=O) groups is 1. The van der Waals surface area contributed by atoms with Gasteiger partial charge in [-0.3, -0.25) is 9.79 Å². The molecule has 2 aromatic rings. The maximum atomic E-state index is 12.8. The van der Waals surface area contributed by atoms with E-state index in [1.807, 2.05) is 13.0 Å². The lowest BCUT2D eigenvalue weighted by Crippen LogP contribution is -2.26. The number of hydrogen-bond donors (Lipinski definition) is 1. The standard InChI is InChI=1S/C17H14F3NO2S/c1-10-5-6-13(11(2)8-10)21-9-12(16(23)17(18,19)20)15(22)14-4-3-7-24-14/h3-9,22H,1-2H3/b15-12+,21-9?. The van der Waals surface area contributed by atoms with E-state index in [0.717, 1.165) is 28.7 Å². The van der Waals surface area contributed by atoms with Crippen LogP contribution in [0.25, 0.3) is 5.76 Å². The van der Waals surface area contributed by atoms with Gasteiger partial charge in [0.05, 0.1) is 16.1 Å². The van der Waals surface area contributed by atoms with Gasteiger partial charge in [-0.1, -0.05) is 23.8 Å². The number of aliphatic imine (C=N–C) groups is 1. The molecule has 0 aliphatic carbocycles. The van der Waals surface area contributed by atoms with Crippen molar-refractivity contribution in [2.24, 2.45) is 4.99 Å². The van der Waals surface area contributed by atoms with E-state index in [1.165, 1.54) is 6.07 Å². The second-order valence-corrected chi connectivity index (χ2v) is 6.06. The van der Waals surface area contributed by atoms with Crippen molar-refractivity contribution >= 4 is 34.8 Å². The fourth-order valence-corrected chi connectivity index (χ4v) is 2.69. The maximum absolute atomic E-state index is 12.8. The van der Waals surface area contributed by atoms with Gasteiger partial charge in [0.25, 0.3) is 5.78 Å². The number of aliphatic hydroxyl groups excluding tert-OH is 1. The number of benzene rings is 1. The summed E-state index contributed by atoms with van der Waals surface area (Å²) in [6.45, 7) is 3.63. The fourth-order valence-electron chi connectivity index (χ4n) is 2.01. The second-order valence-electron chi connectivity index (χ2n) is 5.11. The molecule has 0 unspecified atom stereocenters. The highest BCUT2D eigenvalue weighted by Gasteiger charge is 2.41. The van der Waals surface area contributed by atoms with Gasteiger partial charge in [0.15, 0.2) is 0 Å². The van der Waals surface area contributed by atoms with Crippen molar-refractivity contribution in [3.05, 3.63) is 57.3 Å². The summed E-state index contributed by atoms with van der Waals surface area (Å²) in [4.78, 5) is 15.7. The molecule has 0 aliphatic rings. The zero-order valence-electron chi connectivity index (χ0n) is 12.9. The van der Waals surface area contributed by atoms with Gasteiger partial charge in [0.1, 0.15) is 5.76 Å². The Morgan fingerprint density at radius 1 is 1.25 bits per heavy atom. The number of aryl methyl sites for hydroxylation is 2. The number of nitrogens with zero attached hydrogens (tertiary/aromatic N) is 1. The van der Waals surface area contributed by atoms with Crippen molar-refractivity contribution < 1.29 is 23.1 Å². The number of hydrogen-bond acceptors (Lipinski definition) is 4. The molecule has 7 heteroatoms. The highest BCUT2D eigenvalue weighted by atomic mass is 32.1. The highest BCUT2D eigenvalue weighted by molar-refractivity contribution is 7.11. The molecule has 1 N–H and O–H groups in total. The van der Waals surface area contributed by atoms with Gasteiger partial charge in [-0.05, 0) is 36.9 Å². The number of allylic oxidation sites excluding steroid dienone is 1. The molecule has 1 heterocycles. The van der Waals surface area contributed by atoms with Crippen molar-refractivity contribution in [3.63, 3.8) is 0 Å². The predicted molar refractivity (Wildman–Crippen MR) is 89.0 cm³/mol. The second kappa shape index (κ2) is 7.00. The Labute approximate surface area is 140 Å². The van der Waals surface area contributed by atoms with Crippen LogP contribution in [0.15, 0.2) is 46.3 Å². The van der Waals surface area contributed by atoms with E-state index in [9.17, 15) is 23.1 Å². The van der Waals surface area contributed by atoms with E-state index in [4.69, 9.17) is 0 Å². The van der Waals surface area contributed by atoms with Gasteiger partial charge in [0.2, 0.25) is 0 Å². The molecule has 0 atom stereocenters. The summed E-state index contributed by atoms with van der Waals surface area (Å²) in [5, 5.41) is 11.7. The molecule has 3 nitrogen and oxygen atoms in total. The number of Topliss-reactive ketones (excluding diaryl/α,β-unsaturated/α-hetero) is 1. The van der Waals surface area contributed by atoms with E-state index in [1.54, 1.807) is 30.5 Å². The minimum absolute atomic E-state index is 0.162. The van der Waals surface area contributed by atoms with E-state index in [0.29, 0.717) is 5.69 Å². The van der Waals surface area contributed by atoms with E-state index < -0.39 is 23.3 Å². The fraction of sp³-hybridized carbons (Fsp3) is 0.176. The monoisotopic (exact) mass is 353 g/mol. The molecule has 1 aromatic carbocycles. The van der Waals surface area contributed by atoms with Crippen LogP contribution in [0, 0.1) is 13.8 Å². The third kappa shape index (κ3) is 4.11. The summed E-state index contributed by atoms with van der Waals surface area (Å²) in [7, 11) is 0. The number of aliphatic hydroxyl groups is 1. The largest absolute Gasteiger partial charge is 0.506 e. The quantitative estimate of drug-likeness (QED) is 0.468. The van der Waals surface area contributed by atoms with Crippen LogP contribution in [-0.2, 0) is 4.79 Å². The Morgan fingerprint density at radius 2 is 1.96 bits per heavy atom. The summed E-state index contributed by atoms with van der Waals surface area (Å²) in [6.07, 6.45) is -4.34. The SMILES string of the molecule is Cc1ccc(N=C/C(C(=O)C(F)(F)F)=C(\O)c2cccs2)c(C)c1. The third-order valence-electron chi connectivity index (χ3n) is 3.20. The summed E-state index contributed by atoms with van der Waals surface area (Å²) < 4.78 is 38.4. The predicted octanol–water partition coefficient (Wildman–Crippen LogP) is 5.17. The number of carbonyl (C=O) groups excluding carboxylic acids is 1. The molecule has 0 aliphatic heterocycles. The van der Waals surface area contributed by atoms with Gasteiger partial charge in [-0.2, -0.15) is 13.2 Å². The molecule has 1 aromatic heterocycles. The Kier molecular flexibility index (Phi) is 5.23. The maximum Gasteiger partial charge on any atom is 0.455 e. The molecule has 0 bridgehead atoms. The number of ketones is 1. The minimum Gasteiger partial charge on any atom is -0.506 e. The summed E-state index contributed by atoms with van der Waals surface area (Å²) >= 11 is 1.03. The molecule has 0 saturated carbocycles. The summed E-state index contributed by atoms with van der Waals surface area (Å²) in [5.41, 5.74) is 1.27. The van der Waals surface area contributed by atoms with Gasteiger partial charge in [-0.15, -0.1) is 11.3 Å². The third-order valence-corrected chi connectivity index (χ3v) is 4.07. The molecule has 0 radical (unpaired) electrons. The van der Waals surface area contributed by atoms with Crippen LogP contribution in [-0.4, -0.2) is 23.3 Å². The highest BCUT2D eigenvalue weighted by Crippen LogP contribution is 2.28. The van der Waals surface area contributed by atoms with Crippen molar-refractivity contribution in [2.45, 2.75) is 20.0 Å². The smallest absolute Gasteiger partial charge is 0.455 e. The molecule has 126 valence electrons. The van der Waals surface area contributed by atoms with Gasteiger partial charge in [-0.25, -0.2) is 0 Å². The number of alkyl halides is 3. The van der Waals surface area contributed by atoms with Crippen molar-refractivity contribution in [1.29, 1.82) is 0 Å². The van der Waals surface area contributed by atoms with Crippen LogP contribution < -0.4 is 0 Å². The molecule has 24 heavy (non-hydrogen) atoms. The van der Waals surface area contributed by atoms with Crippen molar-refractivity contribution in [1.82, 2.24) is 0 Å². The van der Waals surface area contributed by atoms with Crippen LogP contribution in [0.2, 0.25) is 0 Å². The van der Waals surface area contributed by atoms with Crippen LogP contribution in [0.1, 0.15) is 16.0 Å². The van der Waals surface area contributed by atoms with Crippen LogP contribution in [0.3, 0.4) is 0 Å². The van der Waals surface area contributed by atoms with E-state index >= 15 is 0 Å². The summed E-state index contributed by atoms with van der Waals surface area (Å²) in [5.74, 6) is -2.87. The van der Waals surface area contributed by atoms with Gasteiger partial charge in [0, 0.05) is 6.21 Å². The van der Waals surface area contributed by atoms with E-state index in [-0.39, 0.29) is 4.88 Å². The molecular weight excluding hydrogens is 339 g/mol. The zero-order valence-corrected chi connectivity index (χ0v) is 13.7. The van der Waals surface area contributed by atoms with Crippen LogP contribution >= 0.6 is 11.3 Å². The molecule has 0 fully saturated rings. The lowest BCUT2D eigenvalue weighted by molar-refractivity contribution is -0.165. The normalized spacial score (nSPS) is 13.2. The number of thiophene rings is 1. The first kappa shape index (κ1) is 17.9. The molecular formula is C17H14F3NO2S. The first-order chi connectivity index (χ1) is 11.2. The van der Waals surface area contributed by atoms with Gasteiger partial charge < -0.3 is 5.11 Å². The Bertz CT molecular complexity index is 806. The Hall–Kier alpha value is -2.41. The molecule has 2 rings (SSSR count). The number of rotatable bonds is 4. The molecule has 0 saturated heterocycles. The lowest BCUT2D eigenvalue weighted by Gasteiger charge is -2.08. The van der Waals surface area contributed by atoms with Gasteiger partial charge >= 0.3 is 6.18 Å². The Morgan fingerprint density at radius 3 is 2.50 bits per heavy atom. The first-order valence-electron chi connectivity index (χ1n) is 6.90. The molecule has 0 amide bonds. The summed E-state index contributed by atoms with van der Waals surface area (Å²) in [6, 6.07) is 8.20. The average Bonchev–Trinajstić information content (AvgIpc) is 3.02. The van der Waals surface area contributed by atoms with Crippen LogP contribution in [0.4, 0.5) is 18.9 Å². The molecule has 0 spiro atoms. The average molecular weight is 353 g/mol. The topological polar surface area (TPSA) is 49.7 Å².